The Bertz CT molecular complexity index is 957. The standard InChI is InChI=1S/C24H23NO5/c1-28-22(26)20-18-13-14-24(30-18,21(20)23(27)29-2)19(15-16-9-5-3-6-10-16)25-17-11-7-4-8-12-17/h3-14,18-19,25H,15H2,1-2H3. The van der Waals surface area contributed by atoms with Crippen LogP contribution in [0, 0.1) is 0 Å². The Balaban J connectivity index is 1.81. The number of methoxy groups -OCH3 is 2. The van der Waals surface area contributed by atoms with E-state index in [1.807, 2.05) is 66.7 Å². The Hall–Kier alpha value is -3.38. The second-order valence-corrected chi connectivity index (χ2v) is 7.22. The van der Waals surface area contributed by atoms with E-state index in [2.05, 4.69) is 5.32 Å². The molecule has 0 aliphatic carbocycles. The van der Waals surface area contributed by atoms with Crippen molar-refractivity contribution in [2.45, 2.75) is 24.2 Å². The molecule has 2 aliphatic heterocycles. The molecule has 0 amide bonds. The monoisotopic (exact) mass is 405 g/mol. The number of benzene rings is 2. The topological polar surface area (TPSA) is 73.9 Å². The molecule has 6 nitrogen and oxygen atoms in total. The smallest absolute Gasteiger partial charge is 0.337 e. The molecule has 3 unspecified atom stereocenters. The molecule has 0 spiro atoms. The van der Waals surface area contributed by atoms with Gasteiger partial charge < -0.3 is 19.5 Å². The molecule has 2 aromatic carbocycles. The molecule has 0 fully saturated rings. The maximum Gasteiger partial charge on any atom is 0.337 e. The van der Waals surface area contributed by atoms with Gasteiger partial charge in [-0.1, -0.05) is 54.6 Å². The van der Waals surface area contributed by atoms with E-state index < -0.39 is 23.6 Å². The first-order valence-corrected chi connectivity index (χ1v) is 9.73. The molecule has 30 heavy (non-hydrogen) atoms. The summed E-state index contributed by atoms with van der Waals surface area (Å²) in [6.45, 7) is 0. The van der Waals surface area contributed by atoms with Crippen LogP contribution in [-0.4, -0.2) is 43.9 Å². The Morgan fingerprint density at radius 3 is 2.27 bits per heavy atom. The number of hydrogen-bond donors (Lipinski definition) is 1. The van der Waals surface area contributed by atoms with Crippen LogP contribution in [0.5, 0.6) is 0 Å². The number of hydrogen-bond acceptors (Lipinski definition) is 6. The zero-order chi connectivity index (χ0) is 21.1. The third-order valence-corrected chi connectivity index (χ3v) is 5.50. The number of anilines is 1. The summed E-state index contributed by atoms with van der Waals surface area (Å²) in [4.78, 5) is 25.3. The molecule has 0 saturated carbocycles. The molecule has 4 rings (SSSR count). The largest absolute Gasteiger partial charge is 0.466 e. The summed E-state index contributed by atoms with van der Waals surface area (Å²) < 4.78 is 16.3. The summed E-state index contributed by atoms with van der Waals surface area (Å²) in [5.74, 6) is -1.19. The fourth-order valence-electron chi connectivity index (χ4n) is 4.14. The average Bonchev–Trinajstić information content (AvgIpc) is 3.37. The Morgan fingerprint density at radius 2 is 1.63 bits per heavy atom. The van der Waals surface area contributed by atoms with Crippen molar-refractivity contribution >= 4 is 17.6 Å². The minimum absolute atomic E-state index is 0.189. The maximum atomic E-state index is 12.8. The number of carbonyl (C=O) groups excluding carboxylic acids is 2. The van der Waals surface area contributed by atoms with E-state index in [9.17, 15) is 9.59 Å². The van der Waals surface area contributed by atoms with Crippen molar-refractivity contribution in [3.63, 3.8) is 0 Å². The van der Waals surface area contributed by atoms with Gasteiger partial charge in [0.1, 0.15) is 11.7 Å². The lowest BCUT2D eigenvalue weighted by molar-refractivity contribution is -0.139. The molecule has 0 saturated heterocycles. The van der Waals surface area contributed by atoms with Gasteiger partial charge in [0.15, 0.2) is 0 Å². The molecule has 0 aromatic heterocycles. The number of para-hydroxylation sites is 1. The van der Waals surface area contributed by atoms with Gasteiger partial charge >= 0.3 is 11.9 Å². The van der Waals surface area contributed by atoms with Crippen molar-refractivity contribution in [3.05, 3.63) is 89.5 Å². The van der Waals surface area contributed by atoms with Crippen LogP contribution in [0.1, 0.15) is 5.56 Å². The zero-order valence-electron chi connectivity index (χ0n) is 16.8. The lowest BCUT2D eigenvalue weighted by Crippen LogP contribution is -2.49. The van der Waals surface area contributed by atoms with Gasteiger partial charge in [0, 0.05) is 5.69 Å². The van der Waals surface area contributed by atoms with Gasteiger partial charge in [-0.3, -0.25) is 0 Å². The Morgan fingerprint density at radius 1 is 1.00 bits per heavy atom. The van der Waals surface area contributed by atoms with Crippen molar-refractivity contribution in [2.24, 2.45) is 0 Å². The maximum absolute atomic E-state index is 12.8. The SMILES string of the molecule is COC(=O)C1=C(C(=O)OC)C2(C(Cc3ccccc3)Nc3ccccc3)C=CC1O2. The van der Waals surface area contributed by atoms with Gasteiger partial charge in [-0.25, -0.2) is 9.59 Å². The number of nitrogens with one attached hydrogen (secondary N) is 1. The quantitative estimate of drug-likeness (QED) is 0.564. The minimum atomic E-state index is -1.16. The number of carbonyl (C=O) groups is 2. The molecule has 0 radical (unpaired) electrons. The molecule has 2 heterocycles. The molecule has 2 bridgehead atoms. The van der Waals surface area contributed by atoms with Crippen molar-refractivity contribution in [1.29, 1.82) is 0 Å². The van der Waals surface area contributed by atoms with Crippen LogP contribution < -0.4 is 5.32 Å². The predicted octanol–water partition coefficient (Wildman–Crippen LogP) is 3.06. The van der Waals surface area contributed by atoms with Crippen molar-refractivity contribution in [2.75, 3.05) is 19.5 Å². The summed E-state index contributed by atoms with van der Waals surface area (Å²) in [6, 6.07) is 19.2. The fraction of sp³-hybridized carbons (Fsp3) is 0.250. The van der Waals surface area contributed by atoms with E-state index in [4.69, 9.17) is 14.2 Å². The summed E-state index contributed by atoms with van der Waals surface area (Å²) in [5, 5.41) is 3.50. The molecule has 6 heteroatoms. The van der Waals surface area contributed by atoms with Crippen molar-refractivity contribution in [3.8, 4) is 0 Å². The van der Waals surface area contributed by atoms with Gasteiger partial charge in [-0.05, 0) is 30.2 Å². The predicted molar refractivity (Wildman–Crippen MR) is 112 cm³/mol. The number of esters is 2. The van der Waals surface area contributed by atoms with Crippen molar-refractivity contribution < 1.29 is 23.8 Å². The lowest BCUT2D eigenvalue weighted by atomic mass is 9.79. The first kappa shape index (κ1) is 19.9. The molecule has 3 atom stereocenters. The number of ether oxygens (including phenoxy) is 3. The van der Waals surface area contributed by atoms with E-state index in [-0.39, 0.29) is 17.2 Å². The lowest BCUT2D eigenvalue weighted by Gasteiger charge is -2.36. The van der Waals surface area contributed by atoms with Crippen LogP contribution in [0.3, 0.4) is 0 Å². The van der Waals surface area contributed by atoms with Crippen LogP contribution in [0.25, 0.3) is 0 Å². The fourth-order valence-corrected chi connectivity index (χ4v) is 4.14. The van der Waals surface area contributed by atoms with Crippen LogP contribution in [0.2, 0.25) is 0 Å². The summed E-state index contributed by atoms with van der Waals surface area (Å²) >= 11 is 0. The van der Waals surface area contributed by atoms with Gasteiger partial charge in [0.2, 0.25) is 0 Å². The van der Waals surface area contributed by atoms with E-state index in [0.29, 0.717) is 6.42 Å². The van der Waals surface area contributed by atoms with E-state index in [1.54, 1.807) is 6.08 Å². The van der Waals surface area contributed by atoms with Crippen LogP contribution in [0.4, 0.5) is 5.69 Å². The Labute approximate surface area is 175 Å². The highest BCUT2D eigenvalue weighted by atomic mass is 16.6. The van der Waals surface area contributed by atoms with Crippen LogP contribution >= 0.6 is 0 Å². The average molecular weight is 405 g/mol. The molecule has 2 aromatic rings. The minimum Gasteiger partial charge on any atom is -0.466 e. The Kier molecular flexibility index (Phi) is 5.42. The van der Waals surface area contributed by atoms with E-state index in [0.717, 1.165) is 11.3 Å². The first-order valence-electron chi connectivity index (χ1n) is 9.73. The highest BCUT2D eigenvalue weighted by molar-refractivity contribution is 6.05. The number of rotatable bonds is 7. The van der Waals surface area contributed by atoms with E-state index >= 15 is 0 Å². The highest BCUT2D eigenvalue weighted by Gasteiger charge is 2.58. The second kappa shape index (κ2) is 8.16. The molecular weight excluding hydrogens is 382 g/mol. The van der Waals surface area contributed by atoms with Crippen LogP contribution in [0.15, 0.2) is 84.0 Å². The highest BCUT2D eigenvalue weighted by Crippen LogP contribution is 2.47. The summed E-state index contributed by atoms with van der Waals surface area (Å²) in [6.07, 6.45) is 3.55. The third kappa shape index (κ3) is 3.39. The third-order valence-electron chi connectivity index (χ3n) is 5.50. The first-order chi connectivity index (χ1) is 14.6. The van der Waals surface area contributed by atoms with E-state index in [1.165, 1.54) is 14.2 Å². The second-order valence-electron chi connectivity index (χ2n) is 7.22. The van der Waals surface area contributed by atoms with Crippen molar-refractivity contribution in [1.82, 2.24) is 0 Å². The van der Waals surface area contributed by atoms with Gasteiger partial charge in [0.25, 0.3) is 0 Å². The number of fused-ring (bicyclic) bond motifs is 2. The molecular formula is C24H23NO5. The van der Waals surface area contributed by atoms with Crippen LogP contribution in [-0.2, 0) is 30.2 Å². The van der Waals surface area contributed by atoms with Gasteiger partial charge in [-0.15, -0.1) is 0 Å². The molecule has 154 valence electrons. The molecule has 2 aliphatic rings. The summed E-state index contributed by atoms with van der Waals surface area (Å²) in [5.41, 5.74) is 1.17. The normalized spacial score (nSPS) is 22.7. The van der Waals surface area contributed by atoms with Gasteiger partial charge in [0.05, 0.1) is 31.4 Å². The van der Waals surface area contributed by atoms with Gasteiger partial charge in [-0.2, -0.15) is 0 Å². The zero-order valence-corrected chi connectivity index (χ0v) is 16.8. The summed E-state index contributed by atoms with van der Waals surface area (Å²) in [7, 11) is 2.58. The molecule has 1 N–H and O–H groups in total.